The fourth-order valence-electron chi connectivity index (χ4n) is 1.61. The molecule has 0 radical (unpaired) electrons. The Labute approximate surface area is 119 Å². The zero-order chi connectivity index (χ0) is 15.0. The zero-order valence-corrected chi connectivity index (χ0v) is 11.9. The number of hydrogen-bond donors (Lipinski definition) is 2. The Morgan fingerprint density at radius 1 is 1.45 bits per heavy atom. The minimum absolute atomic E-state index is 0.0163. The maximum atomic E-state index is 13.5. The van der Waals surface area contributed by atoms with Gasteiger partial charge in [-0.3, -0.25) is 4.79 Å². The summed E-state index contributed by atoms with van der Waals surface area (Å²) < 4.78 is 13.5. The summed E-state index contributed by atoms with van der Waals surface area (Å²) in [5.41, 5.74) is 0.865. The van der Waals surface area contributed by atoms with Crippen LogP contribution in [0.15, 0.2) is 18.2 Å². The first-order valence-corrected chi connectivity index (χ1v) is 6.69. The number of halogens is 1. The Hall–Kier alpha value is -1.93. The average Bonchev–Trinajstić information content (AvgIpc) is 2.43. The van der Waals surface area contributed by atoms with E-state index in [2.05, 4.69) is 10.6 Å². The number of hydrogen-bond acceptors (Lipinski definition) is 3. The molecule has 1 amide bonds. The van der Waals surface area contributed by atoms with Crippen molar-refractivity contribution < 1.29 is 9.18 Å². The monoisotopic (exact) mass is 277 g/mol. The molecule has 0 aliphatic carbocycles. The lowest BCUT2D eigenvalue weighted by Crippen LogP contribution is -2.30. The SMILES string of the molecule is CC(C)CNC(=O)CCNCc1cc(C#N)ccc1F. The molecule has 5 heteroatoms. The summed E-state index contributed by atoms with van der Waals surface area (Å²) in [5, 5.41) is 14.6. The predicted molar refractivity (Wildman–Crippen MR) is 75.3 cm³/mol. The second-order valence-corrected chi connectivity index (χ2v) is 5.04. The highest BCUT2D eigenvalue weighted by molar-refractivity contribution is 5.76. The van der Waals surface area contributed by atoms with Gasteiger partial charge in [-0.05, 0) is 24.1 Å². The second-order valence-electron chi connectivity index (χ2n) is 5.04. The Bertz CT molecular complexity index is 494. The highest BCUT2D eigenvalue weighted by atomic mass is 19.1. The van der Waals surface area contributed by atoms with Gasteiger partial charge < -0.3 is 10.6 Å². The van der Waals surface area contributed by atoms with Crippen molar-refractivity contribution in [3.05, 3.63) is 35.1 Å². The van der Waals surface area contributed by atoms with Crippen molar-refractivity contribution in [3.63, 3.8) is 0 Å². The van der Waals surface area contributed by atoms with Gasteiger partial charge in [0.1, 0.15) is 5.82 Å². The van der Waals surface area contributed by atoms with E-state index in [0.29, 0.717) is 43.1 Å². The number of nitrogens with zero attached hydrogens (tertiary/aromatic N) is 1. The summed E-state index contributed by atoms with van der Waals surface area (Å²) in [6.45, 7) is 5.50. The maximum Gasteiger partial charge on any atom is 0.221 e. The van der Waals surface area contributed by atoms with Crippen molar-refractivity contribution in [2.24, 2.45) is 5.92 Å². The van der Waals surface area contributed by atoms with Crippen LogP contribution in [0.3, 0.4) is 0 Å². The number of amides is 1. The van der Waals surface area contributed by atoms with Gasteiger partial charge in [0.15, 0.2) is 0 Å². The molecule has 4 nitrogen and oxygen atoms in total. The molecule has 0 saturated carbocycles. The molecule has 1 aromatic carbocycles. The van der Waals surface area contributed by atoms with Gasteiger partial charge in [0.05, 0.1) is 11.6 Å². The molecule has 108 valence electrons. The molecule has 0 spiro atoms. The zero-order valence-electron chi connectivity index (χ0n) is 11.9. The summed E-state index contributed by atoms with van der Waals surface area (Å²) in [7, 11) is 0. The van der Waals surface area contributed by atoms with Crippen LogP contribution in [0, 0.1) is 23.1 Å². The third-order valence-corrected chi connectivity index (χ3v) is 2.73. The normalized spacial score (nSPS) is 10.3. The van der Waals surface area contributed by atoms with Gasteiger partial charge in [-0.15, -0.1) is 0 Å². The van der Waals surface area contributed by atoms with Crippen molar-refractivity contribution in [2.45, 2.75) is 26.8 Å². The van der Waals surface area contributed by atoms with Crippen molar-refractivity contribution in [2.75, 3.05) is 13.1 Å². The lowest BCUT2D eigenvalue weighted by Gasteiger charge is -2.09. The average molecular weight is 277 g/mol. The van der Waals surface area contributed by atoms with Gasteiger partial charge in [0.2, 0.25) is 5.91 Å². The molecule has 0 fully saturated rings. The quantitative estimate of drug-likeness (QED) is 0.749. The number of nitrogens with one attached hydrogen (secondary N) is 2. The standard InChI is InChI=1S/C15H20FN3O/c1-11(2)9-19-15(20)5-6-18-10-13-7-12(8-17)3-4-14(13)16/h3-4,7,11,18H,5-6,9-10H2,1-2H3,(H,19,20). The molecule has 0 aliphatic heterocycles. The summed E-state index contributed by atoms with van der Waals surface area (Å²) in [5.74, 6) is 0.0629. The Balaban J connectivity index is 2.31. The van der Waals surface area contributed by atoms with E-state index in [4.69, 9.17) is 5.26 Å². The number of carbonyl (C=O) groups is 1. The van der Waals surface area contributed by atoms with Crippen LogP contribution in [0.2, 0.25) is 0 Å². The predicted octanol–water partition coefficient (Wildman–Crippen LogP) is 1.95. The van der Waals surface area contributed by atoms with E-state index in [0.717, 1.165) is 0 Å². The second kappa shape index (κ2) is 8.28. The summed E-state index contributed by atoms with van der Waals surface area (Å²) in [6.07, 6.45) is 0.353. The first kappa shape index (κ1) is 16.1. The molecule has 1 rings (SSSR count). The molecule has 0 heterocycles. The van der Waals surface area contributed by atoms with Gasteiger partial charge in [0, 0.05) is 31.6 Å². The van der Waals surface area contributed by atoms with Crippen LogP contribution < -0.4 is 10.6 Å². The van der Waals surface area contributed by atoms with Gasteiger partial charge in [0.25, 0.3) is 0 Å². The minimum Gasteiger partial charge on any atom is -0.356 e. The van der Waals surface area contributed by atoms with Crippen LogP contribution in [0.1, 0.15) is 31.4 Å². The van der Waals surface area contributed by atoms with Gasteiger partial charge >= 0.3 is 0 Å². The molecule has 0 atom stereocenters. The van der Waals surface area contributed by atoms with E-state index in [1.54, 1.807) is 0 Å². The van der Waals surface area contributed by atoms with Crippen molar-refractivity contribution in [1.82, 2.24) is 10.6 Å². The molecule has 0 aromatic heterocycles. The van der Waals surface area contributed by atoms with Crippen molar-refractivity contribution in [3.8, 4) is 6.07 Å². The molecular formula is C15H20FN3O. The molecule has 2 N–H and O–H groups in total. The largest absolute Gasteiger partial charge is 0.356 e. The number of benzene rings is 1. The fraction of sp³-hybridized carbons (Fsp3) is 0.467. The van der Waals surface area contributed by atoms with E-state index in [1.165, 1.54) is 18.2 Å². The third kappa shape index (κ3) is 5.81. The number of carbonyl (C=O) groups excluding carboxylic acids is 1. The minimum atomic E-state index is -0.347. The van der Waals surface area contributed by atoms with E-state index in [1.807, 2.05) is 19.9 Å². The molecule has 20 heavy (non-hydrogen) atoms. The molecule has 1 aromatic rings. The topological polar surface area (TPSA) is 64.9 Å². The van der Waals surface area contributed by atoms with E-state index >= 15 is 0 Å². The maximum absolute atomic E-state index is 13.5. The highest BCUT2D eigenvalue weighted by Gasteiger charge is 2.05. The first-order valence-electron chi connectivity index (χ1n) is 6.69. The van der Waals surface area contributed by atoms with E-state index in [9.17, 15) is 9.18 Å². The van der Waals surface area contributed by atoms with E-state index < -0.39 is 0 Å². The van der Waals surface area contributed by atoms with Crippen LogP contribution in [0.5, 0.6) is 0 Å². The summed E-state index contributed by atoms with van der Waals surface area (Å²) in [4.78, 5) is 11.5. The highest BCUT2D eigenvalue weighted by Crippen LogP contribution is 2.09. The van der Waals surface area contributed by atoms with Crippen LogP contribution >= 0.6 is 0 Å². The fourth-order valence-corrected chi connectivity index (χ4v) is 1.61. The third-order valence-electron chi connectivity index (χ3n) is 2.73. The number of nitriles is 1. The Morgan fingerprint density at radius 2 is 2.20 bits per heavy atom. The number of rotatable bonds is 7. The molecular weight excluding hydrogens is 257 g/mol. The Kier molecular flexibility index (Phi) is 6.68. The van der Waals surface area contributed by atoms with E-state index in [-0.39, 0.29) is 11.7 Å². The van der Waals surface area contributed by atoms with Crippen molar-refractivity contribution in [1.29, 1.82) is 5.26 Å². The van der Waals surface area contributed by atoms with Crippen LogP contribution in [-0.4, -0.2) is 19.0 Å². The lowest BCUT2D eigenvalue weighted by atomic mass is 10.1. The molecule has 0 saturated heterocycles. The molecule has 0 unspecified atom stereocenters. The van der Waals surface area contributed by atoms with Gasteiger partial charge in [-0.25, -0.2) is 4.39 Å². The van der Waals surface area contributed by atoms with Gasteiger partial charge in [-0.1, -0.05) is 13.8 Å². The Morgan fingerprint density at radius 3 is 2.85 bits per heavy atom. The first-order chi connectivity index (χ1) is 9.52. The summed E-state index contributed by atoms with van der Waals surface area (Å²) in [6, 6.07) is 6.21. The smallest absolute Gasteiger partial charge is 0.221 e. The van der Waals surface area contributed by atoms with Crippen LogP contribution in [0.4, 0.5) is 4.39 Å². The lowest BCUT2D eigenvalue weighted by molar-refractivity contribution is -0.121. The van der Waals surface area contributed by atoms with Crippen LogP contribution in [0.25, 0.3) is 0 Å². The van der Waals surface area contributed by atoms with Crippen LogP contribution in [-0.2, 0) is 11.3 Å². The van der Waals surface area contributed by atoms with Gasteiger partial charge in [-0.2, -0.15) is 5.26 Å². The van der Waals surface area contributed by atoms with Crippen molar-refractivity contribution >= 4 is 5.91 Å². The molecule has 0 bridgehead atoms. The molecule has 0 aliphatic rings. The summed E-state index contributed by atoms with van der Waals surface area (Å²) >= 11 is 0.